The Kier molecular flexibility index (Phi) is 4.51. The fourth-order valence-electron chi connectivity index (χ4n) is 2.12. The van der Waals surface area contributed by atoms with Gasteiger partial charge in [0, 0.05) is 16.4 Å². The Labute approximate surface area is 150 Å². The fourth-order valence-corrected chi connectivity index (χ4v) is 4.67. The van der Waals surface area contributed by atoms with Crippen LogP contribution in [0.1, 0.15) is 44.7 Å². The number of nitrogens with zero attached hydrogens (tertiary/aromatic N) is 3. The molecule has 3 rings (SSSR count). The van der Waals surface area contributed by atoms with Crippen molar-refractivity contribution in [1.29, 1.82) is 0 Å². The van der Waals surface area contributed by atoms with E-state index in [2.05, 4.69) is 15.1 Å². The first kappa shape index (κ1) is 17.8. The van der Waals surface area contributed by atoms with Crippen LogP contribution < -0.4 is 0 Å². The van der Waals surface area contributed by atoms with Crippen LogP contribution in [0.4, 0.5) is 0 Å². The van der Waals surface area contributed by atoms with Crippen LogP contribution in [0.3, 0.4) is 0 Å². The van der Waals surface area contributed by atoms with Crippen molar-refractivity contribution in [3.63, 3.8) is 0 Å². The quantitative estimate of drug-likeness (QED) is 0.682. The van der Waals surface area contributed by atoms with Gasteiger partial charge in [-0.1, -0.05) is 56.3 Å². The second-order valence-electron chi connectivity index (χ2n) is 6.76. The van der Waals surface area contributed by atoms with Crippen LogP contribution in [-0.4, -0.2) is 23.5 Å². The summed E-state index contributed by atoms with van der Waals surface area (Å²) >= 11 is 1.10. The maximum atomic E-state index is 12.9. The molecule has 0 fully saturated rings. The second-order valence-corrected chi connectivity index (χ2v) is 10.1. The molecule has 0 radical (unpaired) electrons. The highest BCUT2D eigenvalue weighted by Crippen LogP contribution is 2.32. The number of benzene rings is 1. The average Bonchev–Trinajstić information content (AvgIpc) is 3.24. The van der Waals surface area contributed by atoms with Gasteiger partial charge in [-0.25, -0.2) is 13.4 Å². The summed E-state index contributed by atoms with van der Waals surface area (Å²) in [5.74, 6) is 0.565. The van der Waals surface area contributed by atoms with Gasteiger partial charge in [-0.05, 0) is 6.92 Å². The van der Waals surface area contributed by atoms with Crippen molar-refractivity contribution in [3.8, 4) is 11.3 Å². The van der Waals surface area contributed by atoms with Crippen LogP contribution in [0.25, 0.3) is 11.3 Å². The summed E-state index contributed by atoms with van der Waals surface area (Å²) in [6, 6.07) is 9.46. The first-order valence-electron chi connectivity index (χ1n) is 7.78. The molecule has 0 aliphatic carbocycles. The Morgan fingerprint density at radius 3 is 2.40 bits per heavy atom. The molecule has 0 spiro atoms. The predicted octanol–water partition coefficient (Wildman–Crippen LogP) is 4.03. The van der Waals surface area contributed by atoms with Crippen LogP contribution in [0, 0.1) is 0 Å². The molecule has 8 heteroatoms. The highest BCUT2D eigenvalue weighted by molar-refractivity contribution is 7.93. The van der Waals surface area contributed by atoms with E-state index in [1.807, 2.05) is 51.1 Å². The number of hydrogen-bond acceptors (Lipinski definition) is 7. The molecule has 3 aromatic rings. The van der Waals surface area contributed by atoms with Gasteiger partial charge in [-0.3, -0.25) is 0 Å². The van der Waals surface area contributed by atoms with Crippen LogP contribution in [-0.2, 0) is 15.3 Å². The SMILES string of the molecule is CC(c1nc(C(C)(C)C)no1)S(=O)(=O)c1nc(-c2ccccc2)cs1. The molecular weight excluding hydrogens is 358 g/mol. The third-order valence-corrected chi connectivity index (χ3v) is 7.05. The van der Waals surface area contributed by atoms with Crippen LogP contribution in [0.5, 0.6) is 0 Å². The lowest BCUT2D eigenvalue weighted by Crippen LogP contribution is -2.15. The minimum atomic E-state index is -3.70. The first-order chi connectivity index (χ1) is 11.7. The molecule has 1 unspecified atom stereocenters. The molecule has 1 atom stereocenters. The Bertz CT molecular complexity index is 970. The monoisotopic (exact) mass is 377 g/mol. The molecule has 0 saturated carbocycles. The summed E-state index contributed by atoms with van der Waals surface area (Å²) < 4.78 is 31.0. The number of rotatable bonds is 4. The van der Waals surface area contributed by atoms with Gasteiger partial charge >= 0.3 is 0 Å². The molecule has 1 aromatic carbocycles. The van der Waals surface area contributed by atoms with Gasteiger partial charge in [0.05, 0.1) is 5.69 Å². The van der Waals surface area contributed by atoms with Gasteiger partial charge in [0.2, 0.25) is 20.1 Å². The standard InChI is InChI=1S/C17H19N3O3S2/c1-11(14-19-15(20-23-14)17(2,3)4)25(21,22)16-18-13(10-24-16)12-8-6-5-7-9-12/h5-11H,1-4H3. The maximum Gasteiger partial charge on any atom is 0.245 e. The molecule has 2 heterocycles. The smallest absolute Gasteiger partial charge is 0.245 e. The fraction of sp³-hybridized carbons (Fsp3) is 0.353. The van der Waals surface area contributed by atoms with E-state index in [1.54, 1.807) is 12.3 Å². The normalized spacial score (nSPS) is 13.8. The van der Waals surface area contributed by atoms with Crippen molar-refractivity contribution in [1.82, 2.24) is 15.1 Å². The number of thiazole rings is 1. The molecule has 0 saturated heterocycles. The molecule has 0 bridgehead atoms. The van der Waals surface area contributed by atoms with E-state index in [-0.39, 0.29) is 15.6 Å². The first-order valence-corrected chi connectivity index (χ1v) is 10.2. The van der Waals surface area contributed by atoms with Gasteiger partial charge in [-0.15, -0.1) is 11.3 Å². The number of hydrogen-bond donors (Lipinski definition) is 0. The van der Waals surface area contributed by atoms with Crippen LogP contribution in [0.15, 0.2) is 44.6 Å². The Morgan fingerprint density at radius 2 is 1.80 bits per heavy atom. The van der Waals surface area contributed by atoms with Gasteiger partial charge in [-0.2, -0.15) is 4.98 Å². The lowest BCUT2D eigenvalue weighted by atomic mass is 9.96. The highest BCUT2D eigenvalue weighted by atomic mass is 32.2. The molecule has 0 amide bonds. The van der Waals surface area contributed by atoms with Gasteiger partial charge in [0.25, 0.3) is 0 Å². The lowest BCUT2D eigenvalue weighted by Gasteiger charge is -2.11. The van der Waals surface area contributed by atoms with Gasteiger partial charge in [0.15, 0.2) is 5.82 Å². The molecule has 2 aromatic heterocycles. The van der Waals surface area contributed by atoms with Gasteiger partial charge in [0.1, 0.15) is 5.25 Å². The van der Waals surface area contributed by atoms with Crippen LogP contribution >= 0.6 is 11.3 Å². The highest BCUT2D eigenvalue weighted by Gasteiger charge is 2.33. The molecule has 0 N–H and O–H groups in total. The van der Waals surface area contributed by atoms with Crippen molar-refractivity contribution in [3.05, 3.63) is 47.4 Å². The third-order valence-electron chi connectivity index (χ3n) is 3.72. The van der Waals surface area contributed by atoms with Crippen molar-refractivity contribution in [2.75, 3.05) is 0 Å². The largest absolute Gasteiger partial charge is 0.338 e. The molecule has 25 heavy (non-hydrogen) atoms. The minimum absolute atomic E-state index is 0.0503. The van der Waals surface area contributed by atoms with Gasteiger partial charge < -0.3 is 4.52 Å². The maximum absolute atomic E-state index is 12.9. The summed E-state index contributed by atoms with van der Waals surface area (Å²) in [7, 11) is -3.70. The summed E-state index contributed by atoms with van der Waals surface area (Å²) in [6.45, 7) is 7.36. The topological polar surface area (TPSA) is 86.0 Å². The molecule has 0 aliphatic heterocycles. The average molecular weight is 377 g/mol. The molecule has 6 nitrogen and oxygen atoms in total. The summed E-state index contributed by atoms with van der Waals surface area (Å²) in [5.41, 5.74) is 1.20. The van der Waals surface area contributed by atoms with Crippen molar-refractivity contribution < 1.29 is 12.9 Å². The van der Waals surface area contributed by atoms with E-state index in [1.165, 1.54) is 0 Å². The van der Waals surface area contributed by atoms with E-state index >= 15 is 0 Å². The Balaban J connectivity index is 1.91. The number of sulfone groups is 1. The van der Waals surface area contributed by atoms with E-state index < -0.39 is 15.1 Å². The zero-order valence-corrected chi connectivity index (χ0v) is 16.1. The molecule has 0 aliphatic rings. The molecular formula is C17H19N3O3S2. The number of aromatic nitrogens is 3. The summed E-state index contributed by atoms with van der Waals surface area (Å²) in [4.78, 5) is 8.55. The van der Waals surface area contributed by atoms with Crippen LogP contribution in [0.2, 0.25) is 0 Å². The molecule has 132 valence electrons. The summed E-state index contributed by atoms with van der Waals surface area (Å²) in [6.07, 6.45) is 0. The Hall–Kier alpha value is -2.06. The van der Waals surface area contributed by atoms with E-state index in [0.29, 0.717) is 11.5 Å². The third kappa shape index (κ3) is 3.50. The predicted molar refractivity (Wildman–Crippen MR) is 96.1 cm³/mol. The minimum Gasteiger partial charge on any atom is -0.338 e. The zero-order chi connectivity index (χ0) is 18.2. The van der Waals surface area contributed by atoms with E-state index in [0.717, 1.165) is 16.9 Å². The van der Waals surface area contributed by atoms with E-state index in [4.69, 9.17) is 4.52 Å². The Morgan fingerprint density at radius 1 is 1.12 bits per heavy atom. The summed E-state index contributed by atoms with van der Waals surface area (Å²) in [5, 5.41) is 4.69. The lowest BCUT2D eigenvalue weighted by molar-refractivity contribution is 0.361. The van der Waals surface area contributed by atoms with E-state index in [9.17, 15) is 8.42 Å². The van der Waals surface area contributed by atoms with Crippen molar-refractivity contribution in [2.45, 2.75) is 42.7 Å². The van der Waals surface area contributed by atoms with Crippen molar-refractivity contribution >= 4 is 21.2 Å². The zero-order valence-electron chi connectivity index (χ0n) is 14.4. The van der Waals surface area contributed by atoms with Crippen molar-refractivity contribution in [2.24, 2.45) is 0 Å². The second kappa shape index (κ2) is 6.34.